The Balaban J connectivity index is 1.96. The summed E-state index contributed by atoms with van der Waals surface area (Å²) in [5.74, 6) is 2.48. The Morgan fingerprint density at radius 2 is 1.89 bits per heavy atom. The lowest BCUT2D eigenvalue weighted by molar-refractivity contribution is 0.514. The van der Waals surface area contributed by atoms with Crippen molar-refractivity contribution in [2.75, 3.05) is 0 Å². The molecule has 0 aliphatic heterocycles. The summed E-state index contributed by atoms with van der Waals surface area (Å²) in [5.41, 5.74) is 4.46. The van der Waals surface area contributed by atoms with Gasteiger partial charge in [-0.05, 0) is 48.7 Å². The number of rotatable bonds is 2. The van der Waals surface area contributed by atoms with E-state index in [0.29, 0.717) is 0 Å². The van der Waals surface area contributed by atoms with E-state index >= 15 is 0 Å². The van der Waals surface area contributed by atoms with Gasteiger partial charge in [0.05, 0.1) is 0 Å². The van der Waals surface area contributed by atoms with E-state index in [9.17, 15) is 0 Å². The van der Waals surface area contributed by atoms with Crippen LogP contribution in [0.4, 0.5) is 0 Å². The van der Waals surface area contributed by atoms with Crippen LogP contribution in [0.15, 0.2) is 48.1 Å². The summed E-state index contributed by atoms with van der Waals surface area (Å²) >= 11 is 0. The second-order valence-corrected chi connectivity index (χ2v) is 5.89. The van der Waals surface area contributed by atoms with Crippen LogP contribution in [-0.2, 0) is 0 Å². The van der Waals surface area contributed by atoms with Gasteiger partial charge in [0.2, 0.25) is 0 Å². The monoisotopic (exact) mass is 238 g/mol. The highest BCUT2D eigenvalue weighted by Crippen LogP contribution is 2.48. The smallest absolute Gasteiger partial charge is 0.00900 e. The molecule has 0 nitrogen and oxygen atoms in total. The topological polar surface area (TPSA) is 0 Å². The maximum absolute atomic E-state index is 2.51. The van der Waals surface area contributed by atoms with Gasteiger partial charge >= 0.3 is 0 Å². The summed E-state index contributed by atoms with van der Waals surface area (Å²) in [5, 5.41) is 0. The first-order chi connectivity index (χ1) is 8.78. The lowest BCUT2D eigenvalue weighted by Crippen LogP contribution is -2.12. The van der Waals surface area contributed by atoms with Crippen LogP contribution in [0.3, 0.4) is 0 Å². The summed E-state index contributed by atoms with van der Waals surface area (Å²) < 4.78 is 0. The SMILES string of the molecule is CCC1CC2C=C(C)C=C(c3ccccc3)C2C1. The molecule has 0 heterocycles. The molecule has 0 heteroatoms. The minimum Gasteiger partial charge on any atom is -0.0779 e. The van der Waals surface area contributed by atoms with E-state index in [1.165, 1.54) is 30.4 Å². The van der Waals surface area contributed by atoms with Crippen LogP contribution >= 0.6 is 0 Å². The summed E-state index contributed by atoms with van der Waals surface area (Å²) in [6, 6.07) is 11.0. The number of hydrogen-bond acceptors (Lipinski definition) is 0. The largest absolute Gasteiger partial charge is 0.0779 e. The number of fused-ring (bicyclic) bond motifs is 1. The molecule has 0 spiro atoms. The molecule has 0 saturated heterocycles. The molecule has 2 aliphatic rings. The average Bonchev–Trinajstić information content (AvgIpc) is 2.81. The molecule has 3 rings (SSSR count). The molecule has 1 aromatic carbocycles. The van der Waals surface area contributed by atoms with Crippen LogP contribution in [0.5, 0.6) is 0 Å². The van der Waals surface area contributed by atoms with Crippen molar-refractivity contribution in [1.82, 2.24) is 0 Å². The molecule has 0 radical (unpaired) electrons. The minimum atomic E-state index is 0.765. The molecule has 18 heavy (non-hydrogen) atoms. The molecule has 0 N–H and O–H groups in total. The first kappa shape index (κ1) is 11.8. The predicted octanol–water partition coefficient (Wildman–Crippen LogP) is 5.08. The number of allylic oxidation sites excluding steroid dienone is 4. The van der Waals surface area contributed by atoms with Gasteiger partial charge in [-0.3, -0.25) is 0 Å². The van der Waals surface area contributed by atoms with Crippen LogP contribution in [-0.4, -0.2) is 0 Å². The molecule has 0 bridgehead atoms. The van der Waals surface area contributed by atoms with Crippen molar-refractivity contribution >= 4 is 5.57 Å². The Kier molecular flexibility index (Phi) is 3.11. The Labute approximate surface area is 110 Å². The molecule has 1 fully saturated rings. The Morgan fingerprint density at radius 1 is 1.11 bits per heavy atom. The summed E-state index contributed by atoms with van der Waals surface area (Å²) in [4.78, 5) is 0. The van der Waals surface area contributed by atoms with Crippen molar-refractivity contribution in [2.45, 2.75) is 33.1 Å². The molecule has 2 aliphatic carbocycles. The molecular formula is C18H22. The van der Waals surface area contributed by atoms with Gasteiger partial charge in [0, 0.05) is 0 Å². The third kappa shape index (κ3) is 2.05. The molecule has 94 valence electrons. The fourth-order valence-electron chi connectivity index (χ4n) is 3.72. The Hall–Kier alpha value is -1.30. The third-order valence-electron chi connectivity index (χ3n) is 4.65. The van der Waals surface area contributed by atoms with E-state index in [1.807, 2.05) is 0 Å². The van der Waals surface area contributed by atoms with Crippen molar-refractivity contribution in [2.24, 2.45) is 17.8 Å². The molecule has 0 amide bonds. The molecule has 0 aromatic heterocycles. The second-order valence-electron chi connectivity index (χ2n) is 5.89. The highest BCUT2D eigenvalue weighted by Gasteiger charge is 2.36. The molecule has 3 unspecified atom stereocenters. The third-order valence-corrected chi connectivity index (χ3v) is 4.65. The van der Waals surface area contributed by atoms with E-state index in [0.717, 1.165) is 17.8 Å². The standard InChI is InChI=1S/C18H22/c1-3-14-11-16-9-13(2)10-17(18(16)12-14)15-7-5-4-6-8-15/h4-10,14,16,18H,3,11-12H2,1-2H3. The van der Waals surface area contributed by atoms with E-state index in [-0.39, 0.29) is 0 Å². The molecule has 1 saturated carbocycles. The highest BCUT2D eigenvalue weighted by molar-refractivity contribution is 5.72. The van der Waals surface area contributed by atoms with Crippen molar-refractivity contribution in [3.05, 3.63) is 53.6 Å². The van der Waals surface area contributed by atoms with Crippen LogP contribution in [0.1, 0.15) is 38.7 Å². The van der Waals surface area contributed by atoms with Gasteiger partial charge in [0.1, 0.15) is 0 Å². The fourth-order valence-corrected chi connectivity index (χ4v) is 3.72. The van der Waals surface area contributed by atoms with Crippen LogP contribution in [0.25, 0.3) is 5.57 Å². The first-order valence-corrected chi connectivity index (χ1v) is 7.23. The van der Waals surface area contributed by atoms with E-state index in [1.54, 1.807) is 5.57 Å². The van der Waals surface area contributed by atoms with Crippen LogP contribution in [0.2, 0.25) is 0 Å². The lowest BCUT2D eigenvalue weighted by Gasteiger charge is -2.25. The van der Waals surface area contributed by atoms with Gasteiger partial charge in [-0.15, -0.1) is 0 Å². The Bertz CT molecular complexity index is 478. The van der Waals surface area contributed by atoms with E-state index in [2.05, 4.69) is 56.3 Å². The zero-order chi connectivity index (χ0) is 12.5. The van der Waals surface area contributed by atoms with Gasteiger partial charge in [-0.1, -0.05) is 61.4 Å². The molecule has 1 aromatic rings. The van der Waals surface area contributed by atoms with Crippen molar-refractivity contribution in [1.29, 1.82) is 0 Å². The maximum Gasteiger partial charge on any atom is -0.00900 e. The maximum atomic E-state index is 2.51. The second kappa shape index (κ2) is 4.76. The number of hydrogen-bond donors (Lipinski definition) is 0. The highest BCUT2D eigenvalue weighted by atomic mass is 14.4. The van der Waals surface area contributed by atoms with Gasteiger partial charge < -0.3 is 0 Å². The summed E-state index contributed by atoms with van der Waals surface area (Å²) in [6.07, 6.45) is 9.03. The first-order valence-electron chi connectivity index (χ1n) is 7.23. The zero-order valence-corrected chi connectivity index (χ0v) is 11.4. The predicted molar refractivity (Wildman–Crippen MR) is 78.2 cm³/mol. The average molecular weight is 238 g/mol. The van der Waals surface area contributed by atoms with E-state index < -0.39 is 0 Å². The van der Waals surface area contributed by atoms with Crippen LogP contribution in [0, 0.1) is 17.8 Å². The normalized spacial score (nSPS) is 30.7. The lowest BCUT2D eigenvalue weighted by atomic mass is 9.79. The van der Waals surface area contributed by atoms with Gasteiger partial charge in [-0.25, -0.2) is 0 Å². The minimum absolute atomic E-state index is 0.765. The summed E-state index contributed by atoms with van der Waals surface area (Å²) in [6.45, 7) is 4.59. The van der Waals surface area contributed by atoms with Gasteiger partial charge in [-0.2, -0.15) is 0 Å². The van der Waals surface area contributed by atoms with Crippen LogP contribution < -0.4 is 0 Å². The zero-order valence-electron chi connectivity index (χ0n) is 11.4. The Morgan fingerprint density at radius 3 is 2.61 bits per heavy atom. The fraction of sp³-hybridized carbons (Fsp3) is 0.444. The van der Waals surface area contributed by atoms with Gasteiger partial charge in [0.25, 0.3) is 0 Å². The van der Waals surface area contributed by atoms with E-state index in [4.69, 9.17) is 0 Å². The summed E-state index contributed by atoms with van der Waals surface area (Å²) in [7, 11) is 0. The molecular weight excluding hydrogens is 216 g/mol. The van der Waals surface area contributed by atoms with Gasteiger partial charge in [0.15, 0.2) is 0 Å². The van der Waals surface area contributed by atoms with Crippen molar-refractivity contribution < 1.29 is 0 Å². The van der Waals surface area contributed by atoms with Crippen molar-refractivity contribution in [3.8, 4) is 0 Å². The number of benzene rings is 1. The van der Waals surface area contributed by atoms with Crippen molar-refractivity contribution in [3.63, 3.8) is 0 Å². The quantitative estimate of drug-likeness (QED) is 0.674. The molecule has 3 atom stereocenters.